The molecule has 0 saturated carbocycles. The van der Waals surface area contributed by atoms with Gasteiger partial charge in [-0.2, -0.15) is 0 Å². The van der Waals surface area contributed by atoms with Crippen LogP contribution in [0.25, 0.3) is 33.4 Å². The summed E-state index contributed by atoms with van der Waals surface area (Å²) < 4.78 is 37.6. The van der Waals surface area contributed by atoms with Crippen LogP contribution < -0.4 is 15.4 Å². The molecule has 4 heterocycles. The second-order valence-electron chi connectivity index (χ2n) is 9.36. The SMILES string of the molecule is CC.COc1ccc(-c2ccc(N3CCOCC3)cc2N)cn1.Cc1c(-c2ccccn2)nc2cc(F)cc(F)c2c1Cl. The van der Waals surface area contributed by atoms with Crippen molar-refractivity contribution >= 4 is 33.9 Å². The summed E-state index contributed by atoms with van der Waals surface area (Å²) >= 11 is 6.21. The van der Waals surface area contributed by atoms with Crippen molar-refractivity contribution in [3.8, 4) is 28.4 Å². The zero-order valence-electron chi connectivity index (χ0n) is 24.6. The number of aromatic nitrogens is 3. The zero-order valence-corrected chi connectivity index (χ0v) is 25.3. The summed E-state index contributed by atoms with van der Waals surface area (Å²) in [5, 5.41) is 0.360. The molecule has 0 radical (unpaired) electrons. The maximum atomic E-state index is 13.8. The number of pyridine rings is 3. The standard InChI is InChI=1S/C16H19N3O2.C15H9ClF2N2.C2H6/c1-20-16-5-2-12(11-18-16)14-4-3-13(10-15(14)17)19-6-8-21-9-7-19;1-8-14(16)13-10(18)6-9(17)7-12(13)20-15(8)11-4-2-3-5-19-11;1-2/h2-5,10-11H,6-9,17H2,1H3;2-7H,1H3;1-2H3. The summed E-state index contributed by atoms with van der Waals surface area (Å²) in [5.41, 5.74) is 12.0. The van der Waals surface area contributed by atoms with Crippen LogP contribution in [-0.2, 0) is 4.74 Å². The molecule has 43 heavy (non-hydrogen) atoms. The molecular weight excluding hydrogens is 572 g/mol. The maximum absolute atomic E-state index is 13.8. The van der Waals surface area contributed by atoms with Crippen molar-refractivity contribution in [1.29, 1.82) is 0 Å². The molecule has 1 fully saturated rings. The Bertz CT molecular complexity index is 1660. The molecule has 224 valence electrons. The van der Waals surface area contributed by atoms with Gasteiger partial charge in [0.1, 0.15) is 11.6 Å². The molecule has 1 saturated heterocycles. The molecule has 2 N–H and O–H groups in total. The Morgan fingerprint density at radius 3 is 2.37 bits per heavy atom. The van der Waals surface area contributed by atoms with Gasteiger partial charge in [0, 0.05) is 66.2 Å². The van der Waals surface area contributed by atoms with Gasteiger partial charge in [-0.15, -0.1) is 0 Å². The number of nitrogens with zero attached hydrogens (tertiary/aromatic N) is 4. The highest BCUT2D eigenvalue weighted by Crippen LogP contribution is 2.34. The molecule has 6 rings (SSSR count). The largest absolute Gasteiger partial charge is 0.481 e. The molecule has 1 aliphatic heterocycles. The van der Waals surface area contributed by atoms with Crippen LogP contribution in [0.1, 0.15) is 19.4 Å². The summed E-state index contributed by atoms with van der Waals surface area (Å²) in [5.74, 6) is -0.801. The molecule has 0 aliphatic carbocycles. The lowest BCUT2D eigenvalue weighted by atomic mass is 10.0. The third-order valence-corrected chi connectivity index (χ3v) is 7.22. The van der Waals surface area contributed by atoms with Crippen molar-refractivity contribution in [2.45, 2.75) is 20.8 Å². The first-order chi connectivity index (χ1) is 20.9. The Hall–Kier alpha value is -4.34. The van der Waals surface area contributed by atoms with Crippen LogP contribution in [0.2, 0.25) is 5.02 Å². The highest BCUT2D eigenvalue weighted by molar-refractivity contribution is 6.36. The van der Waals surface area contributed by atoms with Crippen molar-refractivity contribution in [1.82, 2.24) is 15.0 Å². The number of hydrogen-bond donors (Lipinski definition) is 1. The topological polar surface area (TPSA) is 86.4 Å². The van der Waals surface area contributed by atoms with Gasteiger partial charge in [-0.1, -0.05) is 37.6 Å². The molecule has 2 aromatic carbocycles. The zero-order chi connectivity index (χ0) is 30.9. The molecule has 0 amide bonds. The van der Waals surface area contributed by atoms with E-state index in [0.717, 1.165) is 60.9 Å². The second kappa shape index (κ2) is 14.7. The molecule has 3 aromatic heterocycles. The smallest absolute Gasteiger partial charge is 0.212 e. The number of benzene rings is 2. The monoisotopic (exact) mass is 605 g/mol. The van der Waals surface area contributed by atoms with Crippen LogP contribution in [0.15, 0.2) is 73.1 Å². The number of hydrogen-bond acceptors (Lipinski definition) is 7. The summed E-state index contributed by atoms with van der Waals surface area (Å²) in [6.07, 6.45) is 3.40. The molecule has 0 atom stereocenters. The molecule has 0 unspecified atom stereocenters. The van der Waals surface area contributed by atoms with Gasteiger partial charge in [-0.3, -0.25) is 4.98 Å². The number of rotatable bonds is 4. The number of nitrogens with two attached hydrogens (primary N) is 1. The summed E-state index contributed by atoms with van der Waals surface area (Å²) in [6, 6.07) is 17.3. The number of fused-ring (bicyclic) bond motifs is 1. The summed E-state index contributed by atoms with van der Waals surface area (Å²) in [7, 11) is 1.60. The lowest BCUT2D eigenvalue weighted by molar-refractivity contribution is 0.122. The van der Waals surface area contributed by atoms with Crippen molar-refractivity contribution < 1.29 is 18.3 Å². The maximum Gasteiger partial charge on any atom is 0.212 e. The van der Waals surface area contributed by atoms with E-state index in [0.29, 0.717) is 22.8 Å². The summed E-state index contributed by atoms with van der Waals surface area (Å²) in [4.78, 5) is 15.0. The number of nitrogen functional groups attached to an aromatic ring is 1. The fraction of sp³-hybridized carbons (Fsp3) is 0.242. The number of morpholine rings is 1. The number of halogens is 3. The minimum absolute atomic E-state index is 0.130. The van der Waals surface area contributed by atoms with Gasteiger partial charge in [0.05, 0.1) is 47.6 Å². The average molecular weight is 606 g/mol. The van der Waals surface area contributed by atoms with Crippen molar-refractivity contribution in [3.05, 3.63) is 95.3 Å². The lowest BCUT2D eigenvalue weighted by Crippen LogP contribution is -2.36. The van der Waals surface area contributed by atoms with E-state index in [4.69, 9.17) is 26.8 Å². The predicted octanol–water partition coefficient (Wildman–Crippen LogP) is 7.74. The van der Waals surface area contributed by atoms with E-state index in [1.807, 2.05) is 44.2 Å². The first kappa shape index (κ1) is 31.6. The molecule has 1 aliphatic rings. The number of methoxy groups -OCH3 is 1. The average Bonchev–Trinajstić information content (AvgIpc) is 3.04. The molecule has 0 spiro atoms. The van der Waals surface area contributed by atoms with Gasteiger partial charge in [0.2, 0.25) is 5.88 Å². The summed E-state index contributed by atoms with van der Waals surface area (Å²) in [6.45, 7) is 9.08. The van der Waals surface area contributed by atoms with E-state index in [9.17, 15) is 8.78 Å². The van der Waals surface area contributed by atoms with Crippen LogP contribution in [-0.4, -0.2) is 48.4 Å². The van der Waals surface area contributed by atoms with Crippen LogP contribution in [0, 0.1) is 18.6 Å². The van der Waals surface area contributed by atoms with E-state index in [-0.39, 0.29) is 15.9 Å². The van der Waals surface area contributed by atoms with Crippen LogP contribution in [0.3, 0.4) is 0 Å². The fourth-order valence-electron chi connectivity index (χ4n) is 4.61. The van der Waals surface area contributed by atoms with E-state index >= 15 is 0 Å². The third kappa shape index (κ3) is 7.36. The fourth-order valence-corrected chi connectivity index (χ4v) is 4.88. The van der Waals surface area contributed by atoms with Crippen molar-refractivity contribution in [2.75, 3.05) is 44.0 Å². The van der Waals surface area contributed by atoms with E-state index in [1.165, 1.54) is 0 Å². The molecule has 7 nitrogen and oxygen atoms in total. The quantitative estimate of drug-likeness (QED) is 0.210. The van der Waals surface area contributed by atoms with Crippen LogP contribution >= 0.6 is 11.6 Å². The Balaban J connectivity index is 0.000000186. The van der Waals surface area contributed by atoms with Gasteiger partial charge in [-0.25, -0.2) is 18.7 Å². The van der Waals surface area contributed by atoms with Gasteiger partial charge < -0.3 is 20.1 Å². The lowest BCUT2D eigenvalue weighted by Gasteiger charge is -2.29. The van der Waals surface area contributed by atoms with E-state index < -0.39 is 11.6 Å². The molecule has 10 heteroatoms. The highest BCUT2D eigenvalue weighted by Gasteiger charge is 2.17. The Labute approximate surface area is 255 Å². The van der Waals surface area contributed by atoms with Crippen LogP contribution in [0.5, 0.6) is 5.88 Å². The van der Waals surface area contributed by atoms with Crippen molar-refractivity contribution in [3.63, 3.8) is 0 Å². The minimum Gasteiger partial charge on any atom is -0.481 e. The van der Waals surface area contributed by atoms with E-state index in [2.05, 4.69) is 25.9 Å². The first-order valence-electron chi connectivity index (χ1n) is 13.9. The van der Waals surface area contributed by atoms with Crippen molar-refractivity contribution in [2.24, 2.45) is 0 Å². The van der Waals surface area contributed by atoms with Gasteiger partial charge in [0.25, 0.3) is 0 Å². The normalized spacial score (nSPS) is 12.6. The third-order valence-electron chi connectivity index (χ3n) is 6.75. The Kier molecular flexibility index (Phi) is 10.8. The molecule has 0 bridgehead atoms. The Morgan fingerprint density at radius 2 is 1.74 bits per heavy atom. The Morgan fingerprint density at radius 1 is 0.977 bits per heavy atom. The van der Waals surface area contributed by atoms with Crippen LogP contribution in [0.4, 0.5) is 20.2 Å². The highest BCUT2D eigenvalue weighted by atomic mass is 35.5. The predicted molar refractivity (Wildman–Crippen MR) is 170 cm³/mol. The molecular formula is C33H34ClF2N5O2. The number of anilines is 2. The van der Waals surface area contributed by atoms with Gasteiger partial charge in [-0.05, 0) is 42.8 Å². The minimum atomic E-state index is -0.715. The second-order valence-corrected chi connectivity index (χ2v) is 9.73. The number of ether oxygens (including phenoxy) is 2. The first-order valence-corrected chi connectivity index (χ1v) is 14.3. The van der Waals surface area contributed by atoms with Gasteiger partial charge >= 0.3 is 0 Å². The van der Waals surface area contributed by atoms with E-state index in [1.54, 1.807) is 38.6 Å². The van der Waals surface area contributed by atoms with Gasteiger partial charge in [0.15, 0.2) is 0 Å². The molecule has 5 aromatic rings.